The van der Waals surface area contributed by atoms with E-state index in [1.807, 2.05) is 24.4 Å². The van der Waals surface area contributed by atoms with Crippen LogP contribution in [0.5, 0.6) is 0 Å². The number of hydrogen-bond donors (Lipinski definition) is 2. The van der Waals surface area contributed by atoms with Crippen LogP contribution < -0.4 is 4.90 Å². The Morgan fingerprint density at radius 2 is 2.19 bits per heavy atom. The Balaban J connectivity index is 1.67. The number of rotatable bonds is 3. The Labute approximate surface area is 151 Å². The largest absolute Gasteiger partial charge is 0.384 e. The number of anilines is 1. The highest BCUT2D eigenvalue weighted by Gasteiger charge is 2.44. The molecule has 1 saturated carbocycles. The molecule has 1 aliphatic carbocycles. The molecule has 2 fully saturated rings. The van der Waals surface area contributed by atoms with E-state index >= 15 is 0 Å². The Bertz CT molecular complexity index is 965. The summed E-state index contributed by atoms with van der Waals surface area (Å²) in [4.78, 5) is 19.3. The van der Waals surface area contributed by atoms with E-state index in [1.54, 1.807) is 6.20 Å². The maximum absolute atomic E-state index is 10.7. The number of nitrogens with zero attached hydrogens (tertiary/aromatic N) is 4. The van der Waals surface area contributed by atoms with Crippen molar-refractivity contribution in [2.75, 3.05) is 24.7 Å². The Hall–Kier alpha value is -2.51. The van der Waals surface area contributed by atoms with E-state index in [-0.39, 0.29) is 6.04 Å². The van der Waals surface area contributed by atoms with Crippen molar-refractivity contribution in [2.24, 2.45) is 0 Å². The standard InChI is InChI=1S/C19H21N5O2/c1-12-11-26-9-8-24(12)16-10-15(19(25)4-5-19)22-18(23-16)14-3-7-21-17-13(14)2-6-20-17/h2-3,6-7,10,12,25H,4-5,8-9,11H2,1H3,(H,20,21). The highest BCUT2D eigenvalue weighted by atomic mass is 16.5. The van der Waals surface area contributed by atoms with Crippen molar-refractivity contribution in [3.8, 4) is 11.4 Å². The quantitative estimate of drug-likeness (QED) is 0.752. The lowest BCUT2D eigenvalue weighted by molar-refractivity contribution is 0.0984. The van der Waals surface area contributed by atoms with Crippen LogP contribution in [0.3, 0.4) is 0 Å². The molecule has 7 heteroatoms. The summed E-state index contributed by atoms with van der Waals surface area (Å²) in [5.41, 5.74) is 1.62. The minimum atomic E-state index is -0.813. The molecule has 0 aromatic carbocycles. The fourth-order valence-electron chi connectivity index (χ4n) is 3.54. The van der Waals surface area contributed by atoms with Crippen LogP contribution >= 0.6 is 0 Å². The van der Waals surface area contributed by atoms with Gasteiger partial charge in [0, 0.05) is 36.0 Å². The lowest BCUT2D eigenvalue weighted by Gasteiger charge is -2.34. The lowest BCUT2D eigenvalue weighted by atomic mass is 10.1. The predicted octanol–water partition coefficient (Wildman–Crippen LogP) is 2.23. The van der Waals surface area contributed by atoms with Crippen LogP contribution in [-0.2, 0) is 10.3 Å². The number of aromatic nitrogens is 4. The van der Waals surface area contributed by atoms with Gasteiger partial charge in [-0.2, -0.15) is 0 Å². The van der Waals surface area contributed by atoms with Crippen molar-refractivity contribution >= 4 is 16.9 Å². The summed E-state index contributed by atoms with van der Waals surface area (Å²) in [5.74, 6) is 1.48. The number of hydrogen-bond acceptors (Lipinski definition) is 6. The minimum Gasteiger partial charge on any atom is -0.384 e. The zero-order valence-electron chi connectivity index (χ0n) is 14.6. The summed E-state index contributed by atoms with van der Waals surface area (Å²) in [5, 5.41) is 11.7. The van der Waals surface area contributed by atoms with Crippen LogP contribution in [0, 0.1) is 0 Å². The molecular weight excluding hydrogens is 330 g/mol. The second-order valence-electron chi connectivity index (χ2n) is 7.18. The summed E-state index contributed by atoms with van der Waals surface area (Å²) < 4.78 is 5.56. The Morgan fingerprint density at radius 1 is 1.31 bits per heavy atom. The third-order valence-electron chi connectivity index (χ3n) is 5.28. The maximum Gasteiger partial charge on any atom is 0.162 e. The van der Waals surface area contributed by atoms with E-state index in [9.17, 15) is 5.11 Å². The van der Waals surface area contributed by atoms with E-state index < -0.39 is 5.60 Å². The monoisotopic (exact) mass is 351 g/mol. The fourth-order valence-corrected chi connectivity index (χ4v) is 3.54. The molecule has 134 valence electrons. The summed E-state index contributed by atoms with van der Waals surface area (Å²) in [6.45, 7) is 4.27. The molecule has 1 saturated heterocycles. The molecule has 1 atom stereocenters. The van der Waals surface area contributed by atoms with Gasteiger partial charge in [-0.1, -0.05) is 0 Å². The molecule has 4 heterocycles. The van der Waals surface area contributed by atoms with Gasteiger partial charge >= 0.3 is 0 Å². The SMILES string of the molecule is CC1COCCN1c1cc(C2(O)CC2)nc(-c2ccnc3[nH]ccc23)n1. The number of ether oxygens (including phenoxy) is 1. The van der Waals surface area contributed by atoms with Gasteiger partial charge in [-0.15, -0.1) is 0 Å². The van der Waals surface area contributed by atoms with Crippen molar-refractivity contribution in [1.29, 1.82) is 0 Å². The van der Waals surface area contributed by atoms with Crippen LogP contribution in [0.2, 0.25) is 0 Å². The highest BCUT2D eigenvalue weighted by molar-refractivity contribution is 5.91. The number of pyridine rings is 1. The summed E-state index contributed by atoms with van der Waals surface area (Å²) in [6, 6.07) is 6.08. The third-order valence-corrected chi connectivity index (χ3v) is 5.28. The highest BCUT2D eigenvalue weighted by Crippen LogP contribution is 2.45. The second kappa shape index (κ2) is 5.75. The first kappa shape index (κ1) is 15.7. The van der Waals surface area contributed by atoms with E-state index in [4.69, 9.17) is 14.7 Å². The number of H-pyrrole nitrogens is 1. The predicted molar refractivity (Wildman–Crippen MR) is 97.9 cm³/mol. The van der Waals surface area contributed by atoms with Gasteiger partial charge in [0.1, 0.15) is 17.1 Å². The first-order valence-corrected chi connectivity index (χ1v) is 9.03. The number of morpholine rings is 1. The van der Waals surface area contributed by atoms with Crippen molar-refractivity contribution in [2.45, 2.75) is 31.4 Å². The zero-order valence-corrected chi connectivity index (χ0v) is 14.6. The first-order chi connectivity index (χ1) is 12.6. The number of nitrogens with one attached hydrogen (secondary N) is 1. The fraction of sp³-hybridized carbons (Fsp3) is 0.421. The molecule has 2 aliphatic rings. The third kappa shape index (κ3) is 2.55. The number of aromatic amines is 1. The topological polar surface area (TPSA) is 87.2 Å². The molecule has 1 unspecified atom stereocenters. The van der Waals surface area contributed by atoms with Crippen molar-refractivity contribution in [1.82, 2.24) is 19.9 Å². The molecule has 1 aliphatic heterocycles. The number of aliphatic hydroxyl groups is 1. The average molecular weight is 351 g/mol. The van der Waals surface area contributed by atoms with E-state index in [0.29, 0.717) is 24.7 Å². The van der Waals surface area contributed by atoms with Gasteiger partial charge in [0.05, 0.1) is 24.9 Å². The van der Waals surface area contributed by atoms with Crippen molar-refractivity contribution in [3.63, 3.8) is 0 Å². The van der Waals surface area contributed by atoms with E-state index in [2.05, 4.69) is 21.8 Å². The molecule has 0 bridgehead atoms. The molecule has 7 nitrogen and oxygen atoms in total. The van der Waals surface area contributed by atoms with Gasteiger partial charge in [0.2, 0.25) is 0 Å². The van der Waals surface area contributed by atoms with Gasteiger partial charge < -0.3 is 19.7 Å². The number of fused-ring (bicyclic) bond motifs is 1. The van der Waals surface area contributed by atoms with Crippen molar-refractivity contribution < 1.29 is 9.84 Å². The summed E-state index contributed by atoms with van der Waals surface area (Å²) >= 11 is 0. The average Bonchev–Trinajstić information content (AvgIpc) is 3.23. The van der Waals surface area contributed by atoms with E-state index in [0.717, 1.165) is 41.8 Å². The van der Waals surface area contributed by atoms with Crippen LogP contribution in [-0.4, -0.2) is 50.8 Å². The van der Waals surface area contributed by atoms with Gasteiger partial charge in [0.15, 0.2) is 5.82 Å². The summed E-state index contributed by atoms with van der Waals surface area (Å²) in [6.07, 6.45) is 5.12. The first-order valence-electron chi connectivity index (χ1n) is 9.03. The van der Waals surface area contributed by atoms with Crippen LogP contribution in [0.15, 0.2) is 30.6 Å². The van der Waals surface area contributed by atoms with Crippen LogP contribution in [0.1, 0.15) is 25.5 Å². The van der Waals surface area contributed by atoms with Crippen LogP contribution in [0.25, 0.3) is 22.4 Å². The van der Waals surface area contributed by atoms with Gasteiger partial charge in [-0.05, 0) is 31.9 Å². The van der Waals surface area contributed by atoms with Crippen LogP contribution in [0.4, 0.5) is 5.82 Å². The molecule has 5 rings (SSSR count). The molecule has 2 N–H and O–H groups in total. The molecule has 0 amide bonds. The smallest absolute Gasteiger partial charge is 0.162 e. The lowest BCUT2D eigenvalue weighted by Crippen LogP contribution is -2.44. The van der Waals surface area contributed by atoms with Gasteiger partial charge in [-0.3, -0.25) is 0 Å². The normalized spacial score (nSPS) is 21.9. The van der Waals surface area contributed by atoms with Gasteiger partial charge in [0.25, 0.3) is 0 Å². The molecule has 3 aromatic rings. The molecule has 0 spiro atoms. The van der Waals surface area contributed by atoms with E-state index in [1.165, 1.54) is 0 Å². The summed E-state index contributed by atoms with van der Waals surface area (Å²) in [7, 11) is 0. The molecular formula is C19H21N5O2. The van der Waals surface area contributed by atoms with Gasteiger partial charge in [-0.25, -0.2) is 15.0 Å². The molecule has 26 heavy (non-hydrogen) atoms. The second-order valence-corrected chi connectivity index (χ2v) is 7.18. The zero-order chi connectivity index (χ0) is 17.7. The Kier molecular flexibility index (Phi) is 3.48. The molecule has 3 aromatic heterocycles. The van der Waals surface area contributed by atoms with Crippen molar-refractivity contribution in [3.05, 3.63) is 36.3 Å². The molecule has 0 radical (unpaired) electrons. The maximum atomic E-state index is 10.7. The minimum absolute atomic E-state index is 0.234. The Morgan fingerprint density at radius 3 is 3.00 bits per heavy atom.